The molecule has 0 unspecified atom stereocenters. The molecule has 0 aliphatic carbocycles. The van der Waals surface area contributed by atoms with Gasteiger partial charge in [-0.05, 0) is 60.4 Å². The van der Waals surface area contributed by atoms with E-state index in [2.05, 4.69) is 12.2 Å². The number of unbranched alkanes of at least 4 members (excludes halogenated alkanes) is 1. The molecule has 7 nitrogen and oxygen atoms in total. The molecular formula is C28H34N2O5S. The number of amides is 1. The number of carbonyl (C=O) groups excluding carboxylic acids is 1. The lowest BCUT2D eigenvalue weighted by Crippen LogP contribution is -2.29. The fourth-order valence-corrected chi connectivity index (χ4v) is 4.59. The van der Waals surface area contributed by atoms with Crippen LogP contribution in [0.3, 0.4) is 0 Å². The standard InChI is InChI=1S/C28H34N2O5S/c1-4-5-8-22-13-17-25(18-14-22)30(36(3,32)33)21-23-11-15-24(16-12-23)28(31)29-19-20-35-27-10-7-6-9-26(27)34-2/h6-7,9-18H,4-5,8,19-21H2,1-3H3,(H,29,31). The molecule has 1 N–H and O–H groups in total. The summed E-state index contributed by atoms with van der Waals surface area (Å²) in [5.41, 5.74) is 3.08. The first kappa shape index (κ1) is 27.1. The van der Waals surface area contributed by atoms with E-state index in [4.69, 9.17) is 9.47 Å². The minimum atomic E-state index is -3.48. The highest BCUT2D eigenvalue weighted by Crippen LogP contribution is 2.25. The van der Waals surface area contributed by atoms with Crippen LogP contribution in [0.15, 0.2) is 72.8 Å². The number of anilines is 1. The Balaban J connectivity index is 1.57. The molecule has 0 spiro atoms. The van der Waals surface area contributed by atoms with Gasteiger partial charge in [0.2, 0.25) is 10.0 Å². The molecule has 36 heavy (non-hydrogen) atoms. The van der Waals surface area contributed by atoms with E-state index in [0.717, 1.165) is 24.8 Å². The van der Waals surface area contributed by atoms with Crippen molar-refractivity contribution in [1.29, 1.82) is 0 Å². The number of carbonyl (C=O) groups is 1. The van der Waals surface area contributed by atoms with Gasteiger partial charge in [-0.15, -0.1) is 0 Å². The Kier molecular flexibility index (Phi) is 9.76. The molecule has 0 fully saturated rings. The third-order valence-corrected chi connectivity index (χ3v) is 6.84. The van der Waals surface area contributed by atoms with Crippen molar-refractivity contribution in [3.8, 4) is 11.5 Å². The van der Waals surface area contributed by atoms with Gasteiger partial charge in [-0.3, -0.25) is 9.10 Å². The summed E-state index contributed by atoms with van der Waals surface area (Å²) in [6.45, 7) is 2.95. The molecule has 0 bridgehead atoms. The Bertz CT molecular complexity index is 1230. The van der Waals surface area contributed by atoms with Crippen LogP contribution >= 0.6 is 0 Å². The molecule has 0 saturated heterocycles. The van der Waals surface area contributed by atoms with Gasteiger partial charge in [-0.1, -0.05) is 49.7 Å². The van der Waals surface area contributed by atoms with E-state index in [1.807, 2.05) is 42.5 Å². The van der Waals surface area contributed by atoms with Crippen LogP contribution in [0.1, 0.15) is 41.3 Å². The summed E-state index contributed by atoms with van der Waals surface area (Å²) >= 11 is 0. The van der Waals surface area contributed by atoms with Crippen molar-refractivity contribution in [3.05, 3.63) is 89.5 Å². The summed E-state index contributed by atoms with van der Waals surface area (Å²) in [5.74, 6) is 1.02. The molecule has 0 aliphatic heterocycles. The van der Waals surface area contributed by atoms with Crippen molar-refractivity contribution in [1.82, 2.24) is 5.32 Å². The monoisotopic (exact) mass is 510 g/mol. The van der Waals surface area contributed by atoms with Gasteiger partial charge in [-0.25, -0.2) is 8.42 Å². The summed E-state index contributed by atoms with van der Waals surface area (Å²) in [7, 11) is -1.91. The predicted octanol–water partition coefficient (Wildman–Crippen LogP) is 4.81. The molecule has 0 aliphatic rings. The zero-order chi connectivity index (χ0) is 26.0. The van der Waals surface area contributed by atoms with Crippen LogP contribution in [0.2, 0.25) is 0 Å². The van der Waals surface area contributed by atoms with E-state index >= 15 is 0 Å². The predicted molar refractivity (Wildman–Crippen MR) is 143 cm³/mol. The van der Waals surface area contributed by atoms with Gasteiger partial charge in [0.05, 0.1) is 32.1 Å². The second-order valence-corrected chi connectivity index (χ2v) is 10.4. The average Bonchev–Trinajstić information content (AvgIpc) is 2.88. The van der Waals surface area contributed by atoms with E-state index < -0.39 is 10.0 Å². The number of rotatable bonds is 13. The molecule has 0 heterocycles. The zero-order valence-corrected chi connectivity index (χ0v) is 21.9. The SMILES string of the molecule is CCCCc1ccc(N(Cc2ccc(C(=O)NCCOc3ccccc3OC)cc2)S(C)(=O)=O)cc1. The van der Waals surface area contributed by atoms with Crippen LogP contribution < -0.4 is 19.1 Å². The second kappa shape index (κ2) is 13.0. The Morgan fingerprint density at radius 2 is 1.56 bits per heavy atom. The third kappa shape index (κ3) is 7.75. The maximum atomic E-state index is 12.5. The van der Waals surface area contributed by atoms with Gasteiger partial charge in [0.25, 0.3) is 5.91 Å². The van der Waals surface area contributed by atoms with E-state index in [1.54, 1.807) is 37.4 Å². The summed E-state index contributed by atoms with van der Waals surface area (Å²) in [6, 6.07) is 21.9. The normalized spacial score (nSPS) is 11.1. The molecule has 3 aromatic rings. The van der Waals surface area contributed by atoms with Crippen molar-refractivity contribution >= 4 is 21.6 Å². The highest BCUT2D eigenvalue weighted by atomic mass is 32.2. The van der Waals surface area contributed by atoms with Crippen molar-refractivity contribution in [2.24, 2.45) is 0 Å². The van der Waals surface area contributed by atoms with E-state index in [0.29, 0.717) is 35.9 Å². The molecule has 192 valence electrons. The van der Waals surface area contributed by atoms with Crippen LogP contribution in [0.5, 0.6) is 11.5 Å². The lowest BCUT2D eigenvalue weighted by Gasteiger charge is -2.23. The number of aryl methyl sites for hydroxylation is 1. The number of nitrogens with one attached hydrogen (secondary N) is 1. The summed E-state index contributed by atoms with van der Waals surface area (Å²) in [5, 5.41) is 2.83. The Hall–Kier alpha value is -3.52. The first-order valence-corrected chi connectivity index (χ1v) is 13.9. The van der Waals surface area contributed by atoms with Crippen LogP contribution in [0, 0.1) is 0 Å². The number of hydrogen-bond acceptors (Lipinski definition) is 5. The van der Waals surface area contributed by atoms with E-state index in [1.165, 1.54) is 16.1 Å². The maximum Gasteiger partial charge on any atom is 0.251 e. The minimum Gasteiger partial charge on any atom is -0.493 e. The molecule has 0 atom stereocenters. The number of ether oxygens (including phenoxy) is 2. The topological polar surface area (TPSA) is 84.9 Å². The van der Waals surface area contributed by atoms with Gasteiger partial charge in [-0.2, -0.15) is 0 Å². The van der Waals surface area contributed by atoms with Gasteiger partial charge < -0.3 is 14.8 Å². The number of nitrogens with zero attached hydrogens (tertiary/aromatic N) is 1. The number of sulfonamides is 1. The van der Waals surface area contributed by atoms with Gasteiger partial charge in [0.1, 0.15) is 6.61 Å². The smallest absolute Gasteiger partial charge is 0.251 e. The highest BCUT2D eigenvalue weighted by molar-refractivity contribution is 7.92. The number of methoxy groups -OCH3 is 1. The zero-order valence-electron chi connectivity index (χ0n) is 21.1. The minimum absolute atomic E-state index is 0.182. The molecule has 1 amide bonds. The molecule has 0 aromatic heterocycles. The van der Waals surface area contributed by atoms with E-state index in [9.17, 15) is 13.2 Å². The fourth-order valence-electron chi connectivity index (χ4n) is 3.70. The second-order valence-electron chi connectivity index (χ2n) is 8.49. The largest absolute Gasteiger partial charge is 0.493 e. The van der Waals surface area contributed by atoms with Crippen molar-refractivity contribution in [2.75, 3.05) is 30.8 Å². The van der Waals surface area contributed by atoms with Crippen LogP contribution in [-0.4, -0.2) is 40.8 Å². The quantitative estimate of drug-likeness (QED) is 0.334. The molecule has 3 aromatic carbocycles. The number of hydrogen-bond donors (Lipinski definition) is 1. The van der Waals surface area contributed by atoms with Crippen molar-refractivity contribution in [3.63, 3.8) is 0 Å². The van der Waals surface area contributed by atoms with Crippen molar-refractivity contribution < 1.29 is 22.7 Å². The van der Waals surface area contributed by atoms with Gasteiger partial charge >= 0.3 is 0 Å². The lowest BCUT2D eigenvalue weighted by atomic mass is 10.1. The molecular weight excluding hydrogens is 476 g/mol. The summed E-state index contributed by atoms with van der Waals surface area (Å²) < 4.78 is 37.3. The number of benzene rings is 3. The third-order valence-electron chi connectivity index (χ3n) is 5.70. The summed E-state index contributed by atoms with van der Waals surface area (Å²) in [6.07, 6.45) is 4.39. The fraction of sp³-hybridized carbons (Fsp3) is 0.321. The Labute approximate surface area is 214 Å². The average molecular weight is 511 g/mol. The molecule has 0 radical (unpaired) electrons. The number of para-hydroxylation sites is 2. The lowest BCUT2D eigenvalue weighted by molar-refractivity contribution is 0.0947. The highest BCUT2D eigenvalue weighted by Gasteiger charge is 2.18. The Morgan fingerprint density at radius 3 is 2.17 bits per heavy atom. The van der Waals surface area contributed by atoms with Gasteiger partial charge in [0, 0.05) is 5.56 Å². The van der Waals surface area contributed by atoms with Gasteiger partial charge in [0.15, 0.2) is 11.5 Å². The first-order chi connectivity index (χ1) is 17.3. The van der Waals surface area contributed by atoms with Crippen LogP contribution in [0.4, 0.5) is 5.69 Å². The summed E-state index contributed by atoms with van der Waals surface area (Å²) in [4.78, 5) is 12.5. The first-order valence-electron chi connectivity index (χ1n) is 12.0. The Morgan fingerprint density at radius 1 is 0.917 bits per heavy atom. The van der Waals surface area contributed by atoms with Crippen molar-refractivity contribution in [2.45, 2.75) is 32.7 Å². The van der Waals surface area contributed by atoms with E-state index in [-0.39, 0.29) is 12.5 Å². The van der Waals surface area contributed by atoms with Crippen LogP contribution in [0.25, 0.3) is 0 Å². The maximum absolute atomic E-state index is 12.5. The molecule has 8 heteroatoms. The molecule has 0 saturated carbocycles. The van der Waals surface area contributed by atoms with Crippen LogP contribution in [-0.2, 0) is 23.0 Å². The molecule has 3 rings (SSSR count).